The fourth-order valence-corrected chi connectivity index (χ4v) is 16.8. The number of aromatic nitrogens is 1. The number of rotatable bonds is 8. The molecule has 0 bridgehead atoms. The quantitative estimate of drug-likeness (QED) is 0.141. The van der Waals surface area contributed by atoms with E-state index in [4.69, 9.17) is 0 Å². The van der Waals surface area contributed by atoms with E-state index < -0.39 is 10.8 Å². The van der Waals surface area contributed by atoms with E-state index in [9.17, 15) is 0 Å². The molecule has 0 spiro atoms. The molecule has 0 saturated heterocycles. The Morgan fingerprint density at radius 1 is 0.330 bits per heavy atom. The first-order valence-electron chi connectivity index (χ1n) is 31.0. The molecule has 0 atom stereocenters. The number of nitrogens with zero attached hydrogens (tertiary/aromatic N) is 3. The van der Waals surface area contributed by atoms with Gasteiger partial charge in [-0.2, -0.15) is 0 Å². The molecular formula is C84H60BN3. The summed E-state index contributed by atoms with van der Waals surface area (Å²) in [6.45, 7) is 9.03. The predicted molar refractivity (Wildman–Crippen MR) is 368 cm³/mol. The van der Waals surface area contributed by atoms with E-state index in [2.05, 4.69) is 333 Å². The van der Waals surface area contributed by atoms with E-state index in [1.807, 2.05) is 0 Å². The summed E-state index contributed by atoms with van der Waals surface area (Å²) >= 11 is 0. The Hall–Kier alpha value is -10.7. The standard InChI is InChI=1S/C84H60BN3/c1-53-41-44-76-68(45-53)69-46-54(2)47-75-82(69)87(76)78-49-63(86(61-35-18-9-19-36-61)62-42-43-66-64-37-20-22-39-70(64)83(72(66)48-62,57-27-10-5-11-28-57)58-29-12-6-13-30-58)50-79-80(78)85(75)74-51-67-65-38-21-23-40-71(65)84(59-31-14-7-15-32-59,60-33-16-8-17-34-60)73(67)52-77(74)88(79)81-55(3)25-24-26-56(81)4/h5-52H,1-4H3. The lowest BCUT2D eigenvalue weighted by atomic mass is 9.33. The monoisotopic (exact) mass is 1120 g/mol. The summed E-state index contributed by atoms with van der Waals surface area (Å²) in [7, 11) is 0. The molecule has 0 fully saturated rings. The van der Waals surface area contributed by atoms with Crippen LogP contribution in [-0.4, -0.2) is 11.3 Å². The second-order valence-corrected chi connectivity index (χ2v) is 24.9. The molecular weight excluding hydrogens is 1060 g/mol. The third-order valence-electron chi connectivity index (χ3n) is 20.2. The zero-order chi connectivity index (χ0) is 58.6. The fraction of sp³-hybridized carbons (Fsp3) is 0.0714. The summed E-state index contributed by atoms with van der Waals surface area (Å²) in [5, 5.41) is 2.57. The van der Waals surface area contributed by atoms with Gasteiger partial charge in [0, 0.05) is 44.7 Å². The summed E-state index contributed by atoms with van der Waals surface area (Å²) in [6.07, 6.45) is 0. The van der Waals surface area contributed by atoms with Crippen molar-refractivity contribution in [2.75, 3.05) is 9.80 Å². The molecule has 2 aliphatic carbocycles. The van der Waals surface area contributed by atoms with E-state index in [1.165, 1.54) is 150 Å². The van der Waals surface area contributed by atoms with Crippen LogP contribution in [0.2, 0.25) is 0 Å². The molecule has 13 aromatic carbocycles. The summed E-state index contributed by atoms with van der Waals surface area (Å²) in [5.41, 5.74) is 33.5. The van der Waals surface area contributed by atoms with E-state index in [-0.39, 0.29) is 6.71 Å². The lowest BCUT2D eigenvalue weighted by molar-refractivity contribution is 0.768. The zero-order valence-corrected chi connectivity index (χ0v) is 49.6. The number of fused-ring (bicyclic) bond motifs is 13. The summed E-state index contributed by atoms with van der Waals surface area (Å²) in [4.78, 5) is 5.23. The lowest BCUT2D eigenvalue weighted by Crippen LogP contribution is -2.60. The minimum Gasteiger partial charge on any atom is -0.311 e. The smallest absolute Gasteiger partial charge is 0.252 e. The summed E-state index contributed by atoms with van der Waals surface area (Å²) in [5.74, 6) is 0. The van der Waals surface area contributed by atoms with Crippen molar-refractivity contribution in [1.82, 2.24) is 4.57 Å². The minimum atomic E-state index is -0.608. The van der Waals surface area contributed by atoms with Gasteiger partial charge in [0.25, 0.3) is 6.71 Å². The first-order chi connectivity index (χ1) is 43.3. The third-order valence-corrected chi connectivity index (χ3v) is 20.2. The molecule has 0 N–H and O–H groups in total. The Labute approximate surface area is 514 Å². The van der Waals surface area contributed by atoms with Gasteiger partial charge in [-0.25, -0.2) is 0 Å². The number of anilines is 6. The van der Waals surface area contributed by atoms with Crippen LogP contribution in [0.3, 0.4) is 0 Å². The van der Waals surface area contributed by atoms with Crippen LogP contribution in [0.25, 0.3) is 49.7 Å². The molecule has 0 saturated carbocycles. The van der Waals surface area contributed by atoms with Gasteiger partial charge in [0.05, 0.1) is 27.7 Å². The largest absolute Gasteiger partial charge is 0.311 e. The highest BCUT2D eigenvalue weighted by molar-refractivity contribution is 7.00. The number of aryl methyl sites for hydroxylation is 4. The second-order valence-electron chi connectivity index (χ2n) is 24.9. The zero-order valence-electron chi connectivity index (χ0n) is 49.6. The van der Waals surface area contributed by atoms with Crippen LogP contribution >= 0.6 is 0 Å². The molecule has 14 aromatic rings. The maximum atomic E-state index is 2.69. The van der Waals surface area contributed by atoms with Gasteiger partial charge in [-0.15, -0.1) is 0 Å². The highest BCUT2D eigenvalue weighted by Crippen LogP contribution is 2.60. The van der Waals surface area contributed by atoms with Gasteiger partial charge in [-0.05, 0) is 183 Å². The first kappa shape index (κ1) is 50.6. The summed E-state index contributed by atoms with van der Waals surface area (Å²) < 4.78 is 2.64. The van der Waals surface area contributed by atoms with Crippen molar-refractivity contribution in [2.24, 2.45) is 0 Å². The maximum absolute atomic E-state index is 2.69. The first-order valence-corrected chi connectivity index (χ1v) is 31.0. The van der Waals surface area contributed by atoms with E-state index >= 15 is 0 Å². The molecule has 1 aromatic heterocycles. The molecule has 414 valence electrons. The second kappa shape index (κ2) is 18.9. The van der Waals surface area contributed by atoms with Crippen LogP contribution in [0.5, 0.6) is 0 Å². The number of benzene rings is 13. The van der Waals surface area contributed by atoms with Crippen LogP contribution in [0.15, 0.2) is 291 Å². The third kappa shape index (κ3) is 6.80. The Balaban J connectivity index is 0.983. The Bertz CT molecular complexity index is 5100. The van der Waals surface area contributed by atoms with E-state index in [0.29, 0.717) is 0 Å². The number of para-hydroxylation sites is 2. The number of hydrogen-bond donors (Lipinski definition) is 0. The van der Waals surface area contributed by atoms with Gasteiger partial charge in [0.2, 0.25) is 0 Å². The van der Waals surface area contributed by atoms with E-state index in [0.717, 1.165) is 17.1 Å². The van der Waals surface area contributed by atoms with Crippen molar-refractivity contribution in [2.45, 2.75) is 38.5 Å². The van der Waals surface area contributed by atoms with Gasteiger partial charge < -0.3 is 14.4 Å². The predicted octanol–water partition coefficient (Wildman–Crippen LogP) is 18.8. The molecule has 18 rings (SSSR count). The normalized spacial score (nSPS) is 14.0. The van der Waals surface area contributed by atoms with Crippen LogP contribution in [0, 0.1) is 27.7 Å². The van der Waals surface area contributed by atoms with E-state index in [1.54, 1.807) is 0 Å². The Morgan fingerprint density at radius 2 is 0.841 bits per heavy atom. The average Bonchev–Trinajstić information content (AvgIpc) is 2.12. The van der Waals surface area contributed by atoms with Gasteiger partial charge in [-0.1, -0.05) is 242 Å². The van der Waals surface area contributed by atoms with Gasteiger partial charge in [0.1, 0.15) is 0 Å². The van der Waals surface area contributed by atoms with Crippen LogP contribution in [-0.2, 0) is 10.8 Å². The highest BCUT2D eigenvalue weighted by atomic mass is 15.2. The molecule has 3 nitrogen and oxygen atoms in total. The van der Waals surface area contributed by atoms with Crippen LogP contribution in [0.4, 0.5) is 34.1 Å². The summed E-state index contributed by atoms with van der Waals surface area (Å²) in [6, 6.07) is 111. The molecule has 2 aliphatic heterocycles. The van der Waals surface area contributed by atoms with Crippen molar-refractivity contribution >= 4 is 79.0 Å². The Kier molecular flexibility index (Phi) is 10.9. The van der Waals surface area contributed by atoms with Gasteiger partial charge >= 0.3 is 0 Å². The van der Waals surface area contributed by atoms with Crippen molar-refractivity contribution in [1.29, 1.82) is 0 Å². The molecule has 3 heterocycles. The lowest BCUT2D eigenvalue weighted by Gasteiger charge is -2.43. The van der Waals surface area contributed by atoms with Gasteiger partial charge in [0.15, 0.2) is 0 Å². The molecule has 4 heteroatoms. The van der Waals surface area contributed by atoms with Crippen molar-refractivity contribution < 1.29 is 0 Å². The molecule has 0 radical (unpaired) electrons. The van der Waals surface area contributed by atoms with Gasteiger partial charge in [-0.3, -0.25) is 0 Å². The number of hydrogen-bond acceptors (Lipinski definition) is 2. The average molecular weight is 1120 g/mol. The topological polar surface area (TPSA) is 11.4 Å². The van der Waals surface area contributed by atoms with Crippen molar-refractivity contribution in [3.63, 3.8) is 0 Å². The molecule has 88 heavy (non-hydrogen) atoms. The Morgan fingerprint density at radius 3 is 1.44 bits per heavy atom. The van der Waals surface area contributed by atoms with Crippen molar-refractivity contribution in [3.05, 3.63) is 358 Å². The minimum absolute atomic E-state index is 0.114. The SMILES string of the molecule is Cc1ccc2c(c1)c1cc(C)cc3c1n2-c1cc(N(c2ccccc2)c2ccc4c(c2)C(c2ccccc2)(c2ccccc2)c2ccccc2-4)cc2c1B3c1cc3c(cc1N2c1c(C)cccc1C)C(c1ccccc1)(c1ccccc1)c1ccccc1-3. The van der Waals surface area contributed by atoms with Crippen molar-refractivity contribution in [3.8, 4) is 27.9 Å². The van der Waals surface area contributed by atoms with Crippen LogP contribution in [0.1, 0.15) is 66.8 Å². The fourth-order valence-electron chi connectivity index (χ4n) is 16.8. The highest BCUT2D eigenvalue weighted by Gasteiger charge is 2.51. The maximum Gasteiger partial charge on any atom is 0.252 e. The van der Waals surface area contributed by atoms with Crippen LogP contribution < -0.4 is 26.2 Å². The molecule has 0 amide bonds. The molecule has 0 unspecified atom stereocenters. The molecule has 4 aliphatic rings.